The van der Waals surface area contributed by atoms with Gasteiger partial charge in [0.05, 0.1) is 16.6 Å². The molecule has 0 atom stereocenters. The fourth-order valence-corrected chi connectivity index (χ4v) is 3.27. The van der Waals surface area contributed by atoms with Gasteiger partial charge in [-0.3, -0.25) is 0 Å². The highest BCUT2D eigenvalue weighted by atomic mass is 15.2. The Kier molecular flexibility index (Phi) is 2.77. The van der Waals surface area contributed by atoms with Gasteiger partial charge in [0.25, 0.3) is 0 Å². The second-order valence-corrected chi connectivity index (χ2v) is 7.24. The van der Waals surface area contributed by atoms with Crippen molar-refractivity contribution in [1.82, 2.24) is 9.61 Å². The summed E-state index contributed by atoms with van der Waals surface area (Å²) in [6.45, 7) is 6.88. The Morgan fingerprint density at radius 3 is 2.32 bits per heavy atom. The lowest BCUT2D eigenvalue weighted by Gasteiger charge is -2.20. The van der Waals surface area contributed by atoms with Gasteiger partial charge in [-0.05, 0) is 35.6 Å². The third kappa shape index (κ3) is 2.07. The van der Waals surface area contributed by atoms with Crippen LogP contribution in [0.1, 0.15) is 26.3 Å². The summed E-state index contributed by atoms with van der Waals surface area (Å²) in [5.41, 5.74) is 5.11. The Morgan fingerprint density at radius 2 is 1.55 bits per heavy atom. The van der Waals surface area contributed by atoms with Gasteiger partial charge in [-0.1, -0.05) is 57.2 Å². The molecular weight excluding hydrogens is 268 g/mol. The molecule has 110 valence electrons. The molecule has 2 aromatic heterocycles. The number of hydrogen-bond acceptors (Lipinski definition) is 1. The summed E-state index contributed by atoms with van der Waals surface area (Å²) in [4.78, 5) is 0. The third-order valence-corrected chi connectivity index (χ3v) is 4.13. The van der Waals surface area contributed by atoms with Crippen LogP contribution in [-0.2, 0) is 6.42 Å². The molecule has 2 aromatic carbocycles. The second-order valence-electron chi connectivity index (χ2n) is 7.24. The smallest absolute Gasteiger partial charge is 0.0934 e. The van der Waals surface area contributed by atoms with Crippen LogP contribution in [0.5, 0.6) is 0 Å². The molecule has 0 saturated heterocycles. The Balaban J connectivity index is 2.15. The molecule has 0 fully saturated rings. The first-order valence-electron chi connectivity index (χ1n) is 7.81. The quantitative estimate of drug-likeness (QED) is 0.469. The van der Waals surface area contributed by atoms with Crippen LogP contribution >= 0.6 is 0 Å². The zero-order valence-corrected chi connectivity index (χ0v) is 13.3. The van der Waals surface area contributed by atoms with E-state index in [1.54, 1.807) is 0 Å². The molecule has 2 nitrogen and oxygen atoms in total. The molecule has 0 aliphatic rings. The third-order valence-electron chi connectivity index (χ3n) is 4.13. The second kappa shape index (κ2) is 4.57. The van der Waals surface area contributed by atoms with Crippen LogP contribution in [0.25, 0.3) is 27.3 Å². The first kappa shape index (κ1) is 13.3. The monoisotopic (exact) mass is 288 g/mol. The van der Waals surface area contributed by atoms with Crippen molar-refractivity contribution in [3.8, 4) is 0 Å². The number of benzene rings is 2. The zero-order valence-electron chi connectivity index (χ0n) is 13.3. The van der Waals surface area contributed by atoms with Crippen LogP contribution in [0, 0.1) is 5.41 Å². The maximum Gasteiger partial charge on any atom is 0.0934 e. The number of pyridine rings is 1. The molecule has 0 amide bonds. The van der Waals surface area contributed by atoms with E-state index in [0.29, 0.717) is 0 Å². The maximum atomic E-state index is 4.80. The summed E-state index contributed by atoms with van der Waals surface area (Å²) >= 11 is 0. The van der Waals surface area contributed by atoms with Crippen molar-refractivity contribution < 1.29 is 0 Å². The first-order chi connectivity index (χ1) is 10.5. The largest absolute Gasteiger partial charge is 0.232 e. The lowest BCUT2D eigenvalue weighted by molar-refractivity contribution is 0.412. The van der Waals surface area contributed by atoms with Crippen molar-refractivity contribution >= 4 is 27.3 Å². The number of para-hydroxylation sites is 1. The van der Waals surface area contributed by atoms with E-state index in [2.05, 4.69) is 73.8 Å². The number of hydrogen-bond donors (Lipinski definition) is 0. The van der Waals surface area contributed by atoms with Crippen LogP contribution in [-0.4, -0.2) is 9.61 Å². The van der Waals surface area contributed by atoms with Gasteiger partial charge in [0, 0.05) is 10.8 Å². The van der Waals surface area contributed by atoms with E-state index in [4.69, 9.17) is 5.10 Å². The Morgan fingerprint density at radius 1 is 0.864 bits per heavy atom. The van der Waals surface area contributed by atoms with Crippen molar-refractivity contribution in [3.63, 3.8) is 0 Å². The molecule has 0 aliphatic carbocycles. The summed E-state index contributed by atoms with van der Waals surface area (Å²) < 4.78 is 2.09. The van der Waals surface area contributed by atoms with Crippen molar-refractivity contribution in [2.45, 2.75) is 27.2 Å². The molecule has 0 saturated carbocycles. The summed E-state index contributed by atoms with van der Waals surface area (Å²) in [5.74, 6) is 0. The number of rotatable bonds is 1. The van der Waals surface area contributed by atoms with Crippen LogP contribution < -0.4 is 0 Å². The van der Waals surface area contributed by atoms with Crippen LogP contribution in [0.4, 0.5) is 0 Å². The zero-order chi connectivity index (χ0) is 15.3. The van der Waals surface area contributed by atoms with Gasteiger partial charge in [-0.25, -0.2) is 4.52 Å². The molecule has 22 heavy (non-hydrogen) atoms. The van der Waals surface area contributed by atoms with Gasteiger partial charge in [0.15, 0.2) is 0 Å². The molecule has 4 aromatic rings. The topological polar surface area (TPSA) is 17.3 Å². The van der Waals surface area contributed by atoms with Gasteiger partial charge in [-0.15, -0.1) is 0 Å². The molecule has 2 heterocycles. The van der Waals surface area contributed by atoms with E-state index in [9.17, 15) is 0 Å². The highest BCUT2D eigenvalue weighted by molar-refractivity contribution is 5.99. The average molecular weight is 288 g/mol. The van der Waals surface area contributed by atoms with Crippen molar-refractivity contribution in [1.29, 1.82) is 0 Å². The summed E-state index contributed by atoms with van der Waals surface area (Å²) in [6.07, 6.45) is 1.06. The van der Waals surface area contributed by atoms with Gasteiger partial charge in [0.1, 0.15) is 0 Å². The number of aromatic nitrogens is 2. The van der Waals surface area contributed by atoms with Gasteiger partial charge in [0.2, 0.25) is 0 Å². The Labute approximate surface area is 130 Å². The molecule has 0 spiro atoms. The minimum absolute atomic E-state index is 0.261. The van der Waals surface area contributed by atoms with Crippen molar-refractivity contribution in [2.24, 2.45) is 5.41 Å². The summed E-state index contributed by atoms with van der Waals surface area (Å²) in [7, 11) is 0. The predicted molar refractivity (Wildman–Crippen MR) is 93.4 cm³/mol. The minimum atomic E-state index is 0.261. The van der Waals surface area contributed by atoms with E-state index < -0.39 is 0 Å². The fraction of sp³-hybridized carbons (Fsp3) is 0.250. The molecule has 0 unspecified atom stereocenters. The molecule has 2 heteroatoms. The highest BCUT2D eigenvalue weighted by Crippen LogP contribution is 2.31. The molecule has 4 rings (SSSR count). The van der Waals surface area contributed by atoms with Gasteiger partial charge < -0.3 is 0 Å². The van der Waals surface area contributed by atoms with Crippen LogP contribution in [0.3, 0.4) is 0 Å². The fourth-order valence-electron chi connectivity index (χ4n) is 3.27. The standard InChI is InChI=1S/C20H20N2/c1-20(2,3)13-14-12-19-16-9-4-6-10-17(16)21-22(19)18-11-7-5-8-15(14)18/h4-12H,13H2,1-3H3. The van der Waals surface area contributed by atoms with Crippen molar-refractivity contribution in [3.05, 3.63) is 60.2 Å². The van der Waals surface area contributed by atoms with Crippen molar-refractivity contribution in [2.75, 3.05) is 0 Å². The lowest BCUT2D eigenvalue weighted by Crippen LogP contribution is -2.10. The number of fused-ring (bicyclic) bond motifs is 5. The highest BCUT2D eigenvalue weighted by Gasteiger charge is 2.16. The average Bonchev–Trinajstić information content (AvgIpc) is 2.85. The molecule has 0 N–H and O–H groups in total. The van der Waals surface area contributed by atoms with Gasteiger partial charge >= 0.3 is 0 Å². The molecule has 0 bridgehead atoms. The normalized spacial score (nSPS) is 12.5. The first-order valence-corrected chi connectivity index (χ1v) is 7.81. The molecule has 0 aliphatic heterocycles. The predicted octanol–water partition coefficient (Wildman–Crippen LogP) is 5.23. The maximum absolute atomic E-state index is 4.80. The Bertz CT molecular complexity index is 987. The van der Waals surface area contributed by atoms with E-state index in [1.807, 2.05) is 6.07 Å². The van der Waals surface area contributed by atoms with E-state index in [0.717, 1.165) is 11.9 Å². The van der Waals surface area contributed by atoms with E-state index in [-0.39, 0.29) is 5.41 Å². The molecular formula is C20H20N2. The van der Waals surface area contributed by atoms with Gasteiger partial charge in [-0.2, -0.15) is 5.10 Å². The Hall–Kier alpha value is -2.35. The molecule has 0 radical (unpaired) electrons. The minimum Gasteiger partial charge on any atom is -0.232 e. The van der Waals surface area contributed by atoms with E-state index in [1.165, 1.54) is 27.4 Å². The number of nitrogens with zero attached hydrogens (tertiary/aromatic N) is 2. The lowest BCUT2D eigenvalue weighted by atomic mass is 9.86. The SMILES string of the molecule is CC(C)(C)Cc1cc2c3ccccc3nn2c2ccccc12. The summed E-state index contributed by atoms with van der Waals surface area (Å²) in [6, 6.07) is 19.3. The van der Waals surface area contributed by atoms with Crippen LogP contribution in [0.15, 0.2) is 54.6 Å². The summed E-state index contributed by atoms with van der Waals surface area (Å²) in [5, 5.41) is 7.33. The van der Waals surface area contributed by atoms with E-state index >= 15 is 0 Å². The van der Waals surface area contributed by atoms with Crippen LogP contribution in [0.2, 0.25) is 0 Å².